The molecule has 0 spiro atoms. The Hall–Kier alpha value is -1.85. The third-order valence-corrected chi connectivity index (χ3v) is 2.02. The number of nitrogens with one attached hydrogen (secondary N) is 3. The summed E-state index contributed by atoms with van der Waals surface area (Å²) in [7, 11) is 3.38. The van der Waals surface area contributed by atoms with Crippen LogP contribution in [0.25, 0.3) is 0 Å². The number of hydrogen-bond acceptors (Lipinski definition) is 5. The van der Waals surface area contributed by atoms with Gasteiger partial charge in [0.2, 0.25) is 5.91 Å². The van der Waals surface area contributed by atoms with E-state index in [1.165, 1.54) is 6.33 Å². The van der Waals surface area contributed by atoms with Crippen LogP contribution in [0, 0.1) is 6.92 Å². The van der Waals surface area contributed by atoms with Gasteiger partial charge in [0.1, 0.15) is 18.0 Å². The topological polar surface area (TPSA) is 78.9 Å². The Morgan fingerprint density at radius 3 is 2.60 bits per heavy atom. The lowest BCUT2D eigenvalue weighted by Crippen LogP contribution is -2.26. The molecule has 1 heterocycles. The van der Waals surface area contributed by atoms with Crippen LogP contribution in [-0.4, -0.2) is 36.5 Å². The zero-order chi connectivity index (χ0) is 11.3. The van der Waals surface area contributed by atoms with Gasteiger partial charge in [-0.3, -0.25) is 4.79 Å². The van der Waals surface area contributed by atoms with Gasteiger partial charge in [-0.2, -0.15) is 0 Å². The average Bonchev–Trinajstić information content (AvgIpc) is 2.27. The van der Waals surface area contributed by atoms with Crippen molar-refractivity contribution in [3.8, 4) is 0 Å². The Morgan fingerprint density at radius 1 is 1.33 bits per heavy atom. The van der Waals surface area contributed by atoms with Gasteiger partial charge in [0.25, 0.3) is 0 Å². The summed E-state index contributed by atoms with van der Waals surface area (Å²) in [6.45, 7) is 2.09. The molecule has 0 saturated carbocycles. The third-order valence-electron chi connectivity index (χ3n) is 2.02. The molecule has 0 atom stereocenters. The van der Waals surface area contributed by atoms with Crippen molar-refractivity contribution in [2.75, 3.05) is 31.3 Å². The second-order valence-electron chi connectivity index (χ2n) is 2.97. The van der Waals surface area contributed by atoms with Crippen molar-refractivity contribution in [1.29, 1.82) is 0 Å². The molecule has 1 aromatic rings. The van der Waals surface area contributed by atoms with Crippen LogP contribution >= 0.6 is 0 Å². The van der Waals surface area contributed by atoms with E-state index in [0.717, 1.165) is 11.4 Å². The largest absolute Gasteiger partial charge is 0.373 e. The van der Waals surface area contributed by atoms with Gasteiger partial charge in [-0.15, -0.1) is 0 Å². The van der Waals surface area contributed by atoms with E-state index in [1.54, 1.807) is 14.1 Å². The molecule has 3 N–H and O–H groups in total. The molecule has 0 aromatic carbocycles. The highest BCUT2D eigenvalue weighted by Gasteiger charge is 2.06. The molecule has 0 fully saturated rings. The summed E-state index contributed by atoms with van der Waals surface area (Å²) < 4.78 is 0. The summed E-state index contributed by atoms with van der Waals surface area (Å²) in [6.07, 6.45) is 1.45. The van der Waals surface area contributed by atoms with Gasteiger partial charge in [-0.1, -0.05) is 0 Å². The molecule has 0 radical (unpaired) electrons. The van der Waals surface area contributed by atoms with Gasteiger partial charge in [-0.25, -0.2) is 9.97 Å². The maximum Gasteiger partial charge on any atom is 0.239 e. The molecule has 6 nitrogen and oxygen atoms in total. The number of amides is 1. The normalized spacial score (nSPS) is 9.53. The number of carbonyl (C=O) groups is 1. The smallest absolute Gasteiger partial charge is 0.239 e. The second-order valence-corrected chi connectivity index (χ2v) is 2.97. The van der Waals surface area contributed by atoms with Crippen molar-refractivity contribution in [3.63, 3.8) is 0 Å². The number of aromatic nitrogens is 2. The number of nitrogens with zero attached hydrogens (tertiary/aromatic N) is 2. The minimum absolute atomic E-state index is 0.0842. The lowest BCUT2D eigenvalue weighted by atomic mass is 10.3. The Balaban J connectivity index is 2.73. The fraction of sp³-hybridized carbons (Fsp3) is 0.444. The first kappa shape index (κ1) is 11.2. The number of anilines is 2. The van der Waals surface area contributed by atoms with Crippen LogP contribution in [0.2, 0.25) is 0 Å². The first-order valence-corrected chi connectivity index (χ1v) is 4.62. The van der Waals surface area contributed by atoms with Gasteiger partial charge in [0.05, 0.1) is 6.54 Å². The molecule has 1 amide bonds. The SMILES string of the molecule is CNC(=O)CNc1ncnc(NC)c1C. The predicted octanol–water partition coefficient (Wildman–Crippen LogP) is -0.0154. The van der Waals surface area contributed by atoms with E-state index in [4.69, 9.17) is 0 Å². The van der Waals surface area contributed by atoms with E-state index in [9.17, 15) is 4.79 Å². The van der Waals surface area contributed by atoms with Crippen LogP contribution in [-0.2, 0) is 4.79 Å². The Labute approximate surface area is 88.5 Å². The van der Waals surface area contributed by atoms with E-state index in [2.05, 4.69) is 25.9 Å². The highest BCUT2D eigenvalue weighted by Crippen LogP contribution is 2.16. The molecule has 0 unspecified atom stereocenters. The van der Waals surface area contributed by atoms with E-state index in [0.29, 0.717) is 5.82 Å². The number of rotatable bonds is 4. The third kappa shape index (κ3) is 2.80. The Bertz CT molecular complexity index is 352. The second kappa shape index (κ2) is 5.14. The van der Waals surface area contributed by atoms with Gasteiger partial charge >= 0.3 is 0 Å². The number of likely N-dealkylation sites (N-methyl/N-ethyl adjacent to an activating group) is 1. The number of hydrogen-bond donors (Lipinski definition) is 3. The summed E-state index contributed by atoms with van der Waals surface area (Å²) in [5.74, 6) is 1.33. The predicted molar refractivity (Wildman–Crippen MR) is 58.9 cm³/mol. The van der Waals surface area contributed by atoms with E-state index in [1.807, 2.05) is 6.92 Å². The summed E-state index contributed by atoms with van der Waals surface area (Å²) in [5, 5.41) is 8.40. The molecule has 0 aliphatic carbocycles. The van der Waals surface area contributed by atoms with Crippen LogP contribution in [0.4, 0.5) is 11.6 Å². The molecule has 6 heteroatoms. The quantitative estimate of drug-likeness (QED) is 0.649. The fourth-order valence-corrected chi connectivity index (χ4v) is 1.13. The summed E-state index contributed by atoms with van der Waals surface area (Å²) >= 11 is 0. The van der Waals surface area contributed by atoms with Gasteiger partial charge in [0.15, 0.2) is 0 Å². The average molecular weight is 209 g/mol. The summed E-state index contributed by atoms with van der Waals surface area (Å²) in [6, 6.07) is 0. The fourth-order valence-electron chi connectivity index (χ4n) is 1.13. The van der Waals surface area contributed by atoms with E-state index >= 15 is 0 Å². The molecule has 0 aliphatic heterocycles. The van der Waals surface area contributed by atoms with Crippen molar-refractivity contribution in [2.45, 2.75) is 6.92 Å². The van der Waals surface area contributed by atoms with Gasteiger partial charge < -0.3 is 16.0 Å². The Kier molecular flexibility index (Phi) is 3.84. The first-order valence-electron chi connectivity index (χ1n) is 4.62. The molecule has 1 rings (SSSR count). The monoisotopic (exact) mass is 209 g/mol. The minimum Gasteiger partial charge on any atom is -0.373 e. The van der Waals surface area contributed by atoms with Crippen molar-refractivity contribution < 1.29 is 4.79 Å². The van der Waals surface area contributed by atoms with Crippen LogP contribution in [0.5, 0.6) is 0 Å². The summed E-state index contributed by atoms with van der Waals surface area (Å²) in [5.41, 5.74) is 0.893. The minimum atomic E-state index is -0.0842. The molecular formula is C9H15N5O. The highest BCUT2D eigenvalue weighted by atomic mass is 16.1. The first-order chi connectivity index (χ1) is 7.19. The molecule has 1 aromatic heterocycles. The van der Waals surface area contributed by atoms with E-state index < -0.39 is 0 Å². The van der Waals surface area contributed by atoms with Crippen molar-refractivity contribution in [3.05, 3.63) is 11.9 Å². The highest BCUT2D eigenvalue weighted by molar-refractivity contribution is 5.80. The molecule has 0 aliphatic rings. The maximum atomic E-state index is 11.0. The maximum absolute atomic E-state index is 11.0. The molecule has 82 valence electrons. The Morgan fingerprint density at radius 2 is 2.00 bits per heavy atom. The van der Waals surface area contributed by atoms with Crippen molar-refractivity contribution in [1.82, 2.24) is 15.3 Å². The van der Waals surface area contributed by atoms with Crippen molar-refractivity contribution >= 4 is 17.5 Å². The molecular weight excluding hydrogens is 194 g/mol. The van der Waals surface area contributed by atoms with Crippen LogP contribution in [0.3, 0.4) is 0 Å². The van der Waals surface area contributed by atoms with Crippen LogP contribution < -0.4 is 16.0 Å². The lowest BCUT2D eigenvalue weighted by Gasteiger charge is -2.10. The number of carbonyl (C=O) groups excluding carboxylic acids is 1. The summed E-state index contributed by atoms with van der Waals surface area (Å²) in [4.78, 5) is 19.1. The lowest BCUT2D eigenvalue weighted by molar-refractivity contribution is -0.118. The zero-order valence-electron chi connectivity index (χ0n) is 9.09. The molecule has 0 bridgehead atoms. The van der Waals surface area contributed by atoms with Crippen LogP contribution in [0.15, 0.2) is 6.33 Å². The van der Waals surface area contributed by atoms with Gasteiger partial charge in [-0.05, 0) is 6.92 Å². The van der Waals surface area contributed by atoms with Gasteiger partial charge in [0, 0.05) is 19.7 Å². The molecule has 0 saturated heterocycles. The standard InChI is InChI=1S/C9H15N5O/c1-6-8(11-3)13-5-14-9(6)12-4-7(15)10-2/h5H,4H2,1-3H3,(H,10,15)(H2,11,12,13,14). The zero-order valence-corrected chi connectivity index (χ0v) is 9.09. The van der Waals surface area contributed by atoms with Crippen molar-refractivity contribution in [2.24, 2.45) is 0 Å². The van der Waals surface area contributed by atoms with Crippen LogP contribution in [0.1, 0.15) is 5.56 Å². The molecule has 15 heavy (non-hydrogen) atoms. The van der Waals surface area contributed by atoms with E-state index in [-0.39, 0.29) is 12.5 Å².